The Labute approximate surface area is 101 Å². The Bertz CT molecular complexity index is 569. The number of fused-ring (bicyclic) bond motifs is 1. The molecule has 0 bridgehead atoms. The van der Waals surface area contributed by atoms with Crippen LogP contribution in [0.5, 0.6) is 0 Å². The molecule has 84 valence electrons. The number of hydrogen-bond acceptors (Lipinski definition) is 3. The molecule has 0 unspecified atom stereocenters. The molecule has 2 rings (SSSR count). The molecule has 3 N–H and O–H groups in total. The van der Waals surface area contributed by atoms with Crippen LogP contribution in [0.1, 0.15) is 11.3 Å². The number of nitrogen functional groups attached to an aromatic ring is 1. The molecule has 0 spiro atoms. The van der Waals surface area contributed by atoms with Gasteiger partial charge in [0.05, 0.1) is 16.6 Å². The maximum Gasteiger partial charge on any atom is 0.134 e. The Morgan fingerprint density at radius 3 is 2.69 bits per heavy atom. The molecular formula is C11H11BrFN3. The van der Waals surface area contributed by atoms with Crippen molar-refractivity contribution < 1.29 is 4.39 Å². The van der Waals surface area contributed by atoms with Crippen molar-refractivity contribution in [2.24, 2.45) is 5.84 Å². The van der Waals surface area contributed by atoms with E-state index >= 15 is 0 Å². The van der Waals surface area contributed by atoms with Gasteiger partial charge in [-0.2, -0.15) is 0 Å². The third-order valence-electron chi connectivity index (χ3n) is 2.67. The highest BCUT2D eigenvalue weighted by atomic mass is 79.9. The number of benzene rings is 1. The Morgan fingerprint density at radius 2 is 2.06 bits per heavy atom. The van der Waals surface area contributed by atoms with Crippen LogP contribution in [0.25, 0.3) is 10.9 Å². The lowest BCUT2D eigenvalue weighted by Crippen LogP contribution is -2.11. The van der Waals surface area contributed by atoms with Crippen LogP contribution < -0.4 is 11.3 Å². The SMILES string of the molecule is Cc1nc2c(Br)ccc(F)c2c(NN)c1C. The van der Waals surface area contributed by atoms with E-state index in [1.807, 2.05) is 13.8 Å². The van der Waals surface area contributed by atoms with Gasteiger partial charge in [0.25, 0.3) is 0 Å². The van der Waals surface area contributed by atoms with Crippen molar-refractivity contribution in [3.05, 3.63) is 33.7 Å². The van der Waals surface area contributed by atoms with E-state index in [2.05, 4.69) is 26.3 Å². The standard InChI is InChI=1S/C11H11BrFN3/c1-5-6(2)15-11-7(12)3-4-8(13)9(11)10(5)16-14/h3-4H,14H2,1-2H3,(H,15,16). The molecule has 16 heavy (non-hydrogen) atoms. The van der Waals surface area contributed by atoms with Gasteiger partial charge in [-0.1, -0.05) is 0 Å². The number of nitrogens with two attached hydrogens (primary N) is 1. The van der Waals surface area contributed by atoms with Gasteiger partial charge >= 0.3 is 0 Å². The lowest BCUT2D eigenvalue weighted by molar-refractivity contribution is 0.639. The molecule has 2 aromatic rings. The second kappa shape index (κ2) is 3.99. The van der Waals surface area contributed by atoms with Crippen LogP contribution >= 0.6 is 15.9 Å². The number of rotatable bonds is 1. The molecule has 1 aromatic carbocycles. The number of pyridine rings is 1. The van der Waals surface area contributed by atoms with E-state index in [1.165, 1.54) is 6.07 Å². The van der Waals surface area contributed by atoms with Crippen LogP contribution in [-0.2, 0) is 0 Å². The fourth-order valence-electron chi connectivity index (χ4n) is 1.69. The van der Waals surface area contributed by atoms with E-state index in [0.29, 0.717) is 16.6 Å². The molecule has 0 atom stereocenters. The molecule has 0 radical (unpaired) electrons. The van der Waals surface area contributed by atoms with Gasteiger partial charge in [-0.3, -0.25) is 10.8 Å². The van der Waals surface area contributed by atoms with E-state index in [0.717, 1.165) is 15.7 Å². The van der Waals surface area contributed by atoms with Crippen LogP contribution in [-0.4, -0.2) is 4.98 Å². The van der Waals surface area contributed by atoms with Crippen molar-refractivity contribution in [2.45, 2.75) is 13.8 Å². The summed E-state index contributed by atoms with van der Waals surface area (Å²) in [7, 11) is 0. The first-order valence-electron chi connectivity index (χ1n) is 4.77. The number of hydrazine groups is 1. The summed E-state index contributed by atoms with van der Waals surface area (Å²) in [4.78, 5) is 4.36. The minimum Gasteiger partial charge on any atom is -0.323 e. The summed E-state index contributed by atoms with van der Waals surface area (Å²) < 4.78 is 14.5. The molecule has 0 saturated heterocycles. The topological polar surface area (TPSA) is 50.9 Å². The molecule has 3 nitrogen and oxygen atoms in total. The minimum atomic E-state index is -0.332. The highest BCUT2D eigenvalue weighted by molar-refractivity contribution is 9.10. The smallest absolute Gasteiger partial charge is 0.134 e. The molecule has 0 aliphatic rings. The summed E-state index contributed by atoms with van der Waals surface area (Å²) >= 11 is 3.36. The zero-order chi connectivity index (χ0) is 11.9. The van der Waals surface area contributed by atoms with E-state index in [1.54, 1.807) is 6.07 Å². The summed E-state index contributed by atoms with van der Waals surface area (Å²) in [5.41, 5.74) is 5.39. The summed E-state index contributed by atoms with van der Waals surface area (Å²) in [6.07, 6.45) is 0. The van der Waals surface area contributed by atoms with Crippen molar-refractivity contribution in [1.29, 1.82) is 0 Å². The zero-order valence-corrected chi connectivity index (χ0v) is 10.5. The molecule has 0 amide bonds. The second-order valence-electron chi connectivity index (χ2n) is 3.59. The Morgan fingerprint density at radius 1 is 1.38 bits per heavy atom. The molecule has 0 saturated carbocycles. The lowest BCUT2D eigenvalue weighted by Gasteiger charge is -2.13. The van der Waals surface area contributed by atoms with Gasteiger partial charge in [0.2, 0.25) is 0 Å². The molecular weight excluding hydrogens is 273 g/mol. The third-order valence-corrected chi connectivity index (χ3v) is 3.31. The highest BCUT2D eigenvalue weighted by Crippen LogP contribution is 2.33. The van der Waals surface area contributed by atoms with Crippen molar-refractivity contribution in [3.63, 3.8) is 0 Å². The average molecular weight is 284 g/mol. The number of halogens is 2. The number of anilines is 1. The molecule has 1 aromatic heterocycles. The Balaban J connectivity index is 3.02. The van der Waals surface area contributed by atoms with E-state index in [9.17, 15) is 4.39 Å². The van der Waals surface area contributed by atoms with E-state index < -0.39 is 0 Å². The van der Waals surface area contributed by atoms with Crippen LogP contribution in [0.2, 0.25) is 0 Å². The number of hydrogen-bond donors (Lipinski definition) is 2. The minimum absolute atomic E-state index is 0.332. The van der Waals surface area contributed by atoms with E-state index in [-0.39, 0.29) is 5.82 Å². The van der Waals surface area contributed by atoms with Crippen LogP contribution in [0.3, 0.4) is 0 Å². The fourth-order valence-corrected chi connectivity index (χ4v) is 2.11. The first kappa shape index (κ1) is 11.3. The zero-order valence-electron chi connectivity index (χ0n) is 8.94. The molecule has 1 heterocycles. The van der Waals surface area contributed by atoms with Crippen LogP contribution in [0, 0.1) is 19.7 Å². The van der Waals surface area contributed by atoms with Crippen molar-refractivity contribution in [2.75, 3.05) is 5.43 Å². The molecule has 5 heteroatoms. The van der Waals surface area contributed by atoms with Gasteiger partial charge in [0.1, 0.15) is 5.82 Å². The lowest BCUT2D eigenvalue weighted by atomic mass is 10.1. The summed E-state index contributed by atoms with van der Waals surface area (Å²) in [6.45, 7) is 3.73. The molecule has 0 aliphatic heterocycles. The van der Waals surface area contributed by atoms with Crippen molar-refractivity contribution in [3.8, 4) is 0 Å². The summed E-state index contributed by atoms with van der Waals surface area (Å²) in [5.74, 6) is 5.11. The van der Waals surface area contributed by atoms with Gasteiger partial charge in [0, 0.05) is 10.2 Å². The average Bonchev–Trinajstić information content (AvgIpc) is 2.26. The number of nitrogens with zero attached hydrogens (tertiary/aromatic N) is 1. The number of nitrogens with one attached hydrogen (secondary N) is 1. The van der Waals surface area contributed by atoms with Gasteiger partial charge in [0.15, 0.2) is 0 Å². The molecule has 0 fully saturated rings. The van der Waals surface area contributed by atoms with Gasteiger partial charge < -0.3 is 5.43 Å². The van der Waals surface area contributed by atoms with Gasteiger partial charge in [-0.05, 0) is 47.5 Å². The third kappa shape index (κ3) is 1.56. The summed E-state index contributed by atoms with van der Waals surface area (Å²) in [5, 5.41) is 0.417. The maximum absolute atomic E-state index is 13.8. The van der Waals surface area contributed by atoms with E-state index in [4.69, 9.17) is 5.84 Å². The highest BCUT2D eigenvalue weighted by Gasteiger charge is 2.14. The van der Waals surface area contributed by atoms with Crippen molar-refractivity contribution >= 4 is 32.5 Å². The normalized spacial score (nSPS) is 10.8. The largest absolute Gasteiger partial charge is 0.323 e. The number of aryl methyl sites for hydroxylation is 1. The van der Waals surface area contributed by atoms with Crippen LogP contribution in [0.4, 0.5) is 10.1 Å². The fraction of sp³-hybridized carbons (Fsp3) is 0.182. The predicted molar refractivity (Wildman–Crippen MR) is 66.7 cm³/mol. The first-order valence-corrected chi connectivity index (χ1v) is 5.57. The van der Waals surface area contributed by atoms with Crippen molar-refractivity contribution in [1.82, 2.24) is 4.98 Å². The van der Waals surface area contributed by atoms with Crippen LogP contribution in [0.15, 0.2) is 16.6 Å². The van der Waals surface area contributed by atoms with Gasteiger partial charge in [-0.25, -0.2) is 4.39 Å². The Hall–Kier alpha value is -1.20. The Kier molecular flexibility index (Phi) is 2.82. The first-order chi connectivity index (χ1) is 7.56. The second-order valence-corrected chi connectivity index (χ2v) is 4.45. The maximum atomic E-state index is 13.8. The predicted octanol–water partition coefficient (Wildman–Crippen LogP) is 3.04. The van der Waals surface area contributed by atoms with Gasteiger partial charge in [-0.15, -0.1) is 0 Å². The number of aromatic nitrogens is 1. The quantitative estimate of drug-likeness (QED) is 0.625. The summed E-state index contributed by atoms with van der Waals surface area (Å²) in [6, 6.07) is 3.03. The monoisotopic (exact) mass is 283 g/mol. The molecule has 0 aliphatic carbocycles.